The van der Waals surface area contributed by atoms with E-state index in [1.165, 1.54) is 5.56 Å². The largest absolute Gasteiger partial charge is 0.491 e. The van der Waals surface area contributed by atoms with E-state index in [9.17, 15) is 0 Å². The van der Waals surface area contributed by atoms with Crippen LogP contribution in [0.15, 0.2) is 24.3 Å². The van der Waals surface area contributed by atoms with Crippen molar-refractivity contribution >= 4 is 0 Å². The Kier molecular flexibility index (Phi) is 6.07. The SMILES string of the molecule is CCC1CC(NC(C)c2cccc(OC(C)C)c2)CCO1. The Bertz CT molecular complexity index is 433. The van der Waals surface area contributed by atoms with E-state index in [-0.39, 0.29) is 6.10 Å². The highest BCUT2D eigenvalue weighted by Crippen LogP contribution is 2.23. The van der Waals surface area contributed by atoms with Gasteiger partial charge in [0.2, 0.25) is 0 Å². The lowest BCUT2D eigenvalue weighted by Gasteiger charge is -2.32. The third-order valence-corrected chi connectivity index (χ3v) is 4.04. The zero-order chi connectivity index (χ0) is 15.2. The van der Waals surface area contributed by atoms with Gasteiger partial charge in [0.15, 0.2) is 0 Å². The second-order valence-electron chi connectivity index (χ2n) is 6.25. The van der Waals surface area contributed by atoms with Gasteiger partial charge in [-0.05, 0) is 57.7 Å². The molecule has 1 aliphatic rings. The summed E-state index contributed by atoms with van der Waals surface area (Å²) in [6, 6.07) is 9.30. The summed E-state index contributed by atoms with van der Waals surface area (Å²) in [4.78, 5) is 0. The van der Waals surface area contributed by atoms with Crippen LogP contribution in [0, 0.1) is 0 Å². The highest BCUT2D eigenvalue weighted by Gasteiger charge is 2.22. The number of nitrogens with one attached hydrogen (secondary N) is 1. The van der Waals surface area contributed by atoms with Gasteiger partial charge in [0, 0.05) is 18.7 Å². The summed E-state index contributed by atoms with van der Waals surface area (Å²) in [5, 5.41) is 3.74. The summed E-state index contributed by atoms with van der Waals surface area (Å²) in [6.07, 6.45) is 3.94. The van der Waals surface area contributed by atoms with Crippen LogP contribution in [0.4, 0.5) is 0 Å². The van der Waals surface area contributed by atoms with Crippen molar-refractivity contribution < 1.29 is 9.47 Å². The zero-order valence-electron chi connectivity index (χ0n) is 13.8. The van der Waals surface area contributed by atoms with Crippen LogP contribution in [-0.4, -0.2) is 24.9 Å². The molecule has 21 heavy (non-hydrogen) atoms. The Labute approximate surface area is 129 Å². The topological polar surface area (TPSA) is 30.5 Å². The maximum Gasteiger partial charge on any atom is 0.120 e. The fourth-order valence-corrected chi connectivity index (χ4v) is 2.90. The van der Waals surface area contributed by atoms with Crippen molar-refractivity contribution in [3.63, 3.8) is 0 Å². The molecule has 0 aliphatic carbocycles. The maximum atomic E-state index is 5.78. The number of hydrogen-bond donors (Lipinski definition) is 1. The molecule has 1 aliphatic heterocycles. The molecule has 1 fully saturated rings. The minimum atomic E-state index is 0.212. The molecule has 0 amide bonds. The van der Waals surface area contributed by atoms with Crippen molar-refractivity contribution in [1.29, 1.82) is 0 Å². The van der Waals surface area contributed by atoms with Gasteiger partial charge < -0.3 is 14.8 Å². The van der Waals surface area contributed by atoms with E-state index in [0.717, 1.165) is 31.6 Å². The molecule has 0 aromatic heterocycles. The van der Waals surface area contributed by atoms with Crippen molar-refractivity contribution in [2.24, 2.45) is 0 Å². The molecule has 2 rings (SSSR count). The predicted molar refractivity (Wildman–Crippen MR) is 86.8 cm³/mol. The number of ether oxygens (including phenoxy) is 2. The van der Waals surface area contributed by atoms with Crippen LogP contribution < -0.4 is 10.1 Å². The van der Waals surface area contributed by atoms with Crippen LogP contribution in [0.1, 0.15) is 58.6 Å². The quantitative estimate of drug-likeness (QED) is 0.856. The normalized spacial score (nSPS) is 24.0. The number of hydrogen-bond acceptors (Lipinski definition) is 3. The van der Waals surface area contributed by atoms with Crippen LogP contribution in [0.3, 0.4) is 0 Å². The molecule has 0 radical (unpaired) electrons. The Morgan fingerprint density at radius 3 is 2.86 bits per heavy atom. The molecule has 3 heteroatoms. The van der Waals surface area contributed by atoms with Gasteiger partial charge in [0.1, 0.15) is 5.75 Å². The number of rotatable bonds is 6. The number of benzene rings is 1. The molecule has 1 aromatic carbocycles. The van der Waals surface area contributed by atoms with Crippen molar-refractivity contribution in [3.05, 3.63) is 29.8 Å². The first-order chi connectivity index (χ1) is 10.1. The van der Waals surface area contributed by atoms with Crippen molar-refractivity contribution in [2.75, 3.05) is 6.61 Å². The zero-order valence-corrected chi connectivity index (χ0v) is 13.8. The maximum absolute atomic E-state index is 5.78. The predicted octanol–water partition coefficient (Wildman–Crippen LogP) is 4.08. The fraction of sp³-hybridized carbons (Fsp3) is 0.667. The van der Waals surface area contributed by atoms with E-state index >= 15 is 0 Å². The summed E-state index contributed by atoms with van der Waals surface area (Å²) in [5.74, 6) is 0.953. The fourth-order valence-electron chi connectivity index (χ4n) is 2.90. The Morgan fingerprint density at radius 1 is 1.33 bits per heavy atom. The molecule has 1 saturated heterocycles. The first-order valence-electron chi connectivity index (χ1n) is 8.22. The van der Waals surface area contributed by atoms with E-state index in [1.54, 1.807) is 0 Å². The van der Waals surface area contributed by atoms with Crippen LogP contribution in [0.5, 0.6) is 5.75 Å². The molecular weight excluding hydrogens is 262 g/mol. The van der Waals surface area contributed by atoms with Gasteiger partial charge in [-0.15, -0.1) is 0 Å². The Hall–Kier alpha value is -1.06. The highest BCUT2D eigenvalue weighted by atomic mass is 16.5. The molecule has 1 heterocycles. The minimum absolute atomic E-state index is 0.212. The third-order valence-electron chi connectivity index (χ3n) is 4.04. The summed E-state index contributed by atoms with van der Waals surface area (Å²) in [7, 11) is 0. The summed E-state index contributed by atoms with van der Waals surface area (Å²) in [5.41, 5.74) is 1.28. The molecule has 3 nitrogen and oxygen atoms in total. The average molecular weight is 291 g/mol. The molecule has 0 spiro atoms. The lowest BCUT2D eigenvalue weighted by molar-refractivity contribution is -0.00166. The Balaban J connectivity index is 1.94. The highest BCUT2D eigenvalue weighted by molar-refractivity contribution is 5.30. The molecule has 1 N–H and O–H groups in total. The first kappa shape index (κ1) is 16.3. The van der Waals surface area contributed by atoms with Gasteiger partial charge in [-0.2, -0.15) is 0 Å². The van der Waals surface area contributed by atoms with Crippen LogP contribution in [-0.2, 0) is 4.74 Å². The summed E-state index contributed by atoms with van der Waals surface area (Å²) in [6.45, 7) is 9.41. The van der Waals surface area contributed by atoms with Crippen LogP contribution >= 0.6 is 0 Å². The monoisotopic (exact) mass is 291 g/mol. The van der Waals surface area contributed by atoms with Gasteiger partial charge >= 0.3 is 0 Å². The summed E-state index contributed by atoms with van der Waals surface area (Å²) >= 11 is 0. The van der Waals surface area contributed by atoms with Gasteiger partial charge in [0.05, 0.1) is 12.2 Å². The van der Waals surface area contributed by atoms with E-state index in [2.05, 4.69) is 51.2 Å². The van der Waals surface area contributed by atoms with Gasteiger partial charge in [-0.3, -0.25) is 0 Å². The second kappa shape index (κ2) is 7.81. The standard InChI is InChI=1S/C18H29NO2/c1-5-17-12-16(9-10-20-17)19-14(4)15-7-6-8-18(11-15)21-13(2)3/h6-8,11,13-14,16-17,19H,5,9-10,12H2,1-4H3. The molecular formula is C18H29NO2. The summed E-state index contributed by atoms with van der Waals surface area (Å²) < 4.78 is 11.5. The average Bonchev–Trinajstić information content (AvgIpc) is 2.47. The molecule has 3 unspecified atom stereocenters. The second-order valence-corrected chi connectivity index (χ2v) is 6.25. The third kappa shape index (κ3) is 5.01. The lowest BCUT2D eigenvalue weighted by Crippen LogP contribution is -2.39. The van der Waals surface area contributed by atoms with Gasteiger partial charge in [-0.1, -0.05) is 19.1 Å². The van der Waals surface area contributed by atoms with E-state index in [4.69, 9.17) is 9.47 Å². The minimum Gasteiger partial charge on any atom is -0.491 e. The van der Waals surface area contributed by atoms with E-state index in [0.29, 0.717) is 18.2 Å². The molecule has 1 aromatic rings. The molecule has 3 atom stereocenters. The molecule has 0 bridgehead atoms. The van der Waals surface area contributed by atoms with Gasteiger partial charge in [-0.25, -0.2) is 0 Å². The smallest absolute Gasteiger partial charge is 0.120 e. The van der Waals surface area contributed by atoms with Crippen molar-refractivity contribution in [1.82, 2.24) is 5.32 Å². The van der Waals surface area contributed by atoms with Crippen LogP contribution in [0.25, 0.3) is 0 Å². The van der Waals surface area contributed by atoms with Crippen molar-refractivity contribution in [2.45, 2.75) is 71.2 Å². The Morgan fingerprint density at radius 2 is 2.14 bits per heavy atom. The first-order valence-corrected chi connectivity index (χ1v) is 8.22. The van der Waals surface area contributed by atoms with Gasteiger partial charge in [0.25, 0.3) is 0 Å². The van der Waals surface area contributed by atoms with E-state index < -0.39 is 0 Å². The van der Waals surface area contributed by atoms with Crippen molar-refractivity contribution in [3.8, 4) is 5.75 Å². The van der Waals surface area contributed by atoms with E-state index in [1.807, 2.05) is 6.07 Å². The molecule has 118 valence electrons. The lowest BCUT2D eigenvalue weighted by atomic mass is 9.99. The van der Waals surface area contributed by atoms with Crippen LogP contribution in [0.2, 0.25) is 0 Å². The molecule has 0 saturated carbocycles.